The van der Waals surface area contributed by atoms with E-state index >= 15 is 0 Å². The number of sulfone groups is 1. The Morgan fingerprint density at radius 1 is 1.27 bits per heavy atom. The molecule has 1 aliphatic heterocycles. The highest BCUT2D eigenvalue weighted by molar-refractivity contribution is 7.91. The van der Waals surface area contributed by atoms with E-state index < -0.39 is 9.84 Å². The molecule has 1 amide bonds. The summed E-state index contributed by atoms with van der Waals surface area (Å²) in [6.45, 7) is 4.34. The molecule has 1 aliphatic rings. The molecule has 2 heterocycles. The Morgan fingerprint density at radius 3 is 2.65 bits per heavy atom. The lowest BCUT2D eigenvalue weighted by Crippen LogP contribution is -2.41. The van der Waals surface area contributed by atoms with Gasteiger partial charge in [0.25, 0.3) is 5.91 Å². The van der Waals surface area contributed by atoms with Gasteiger partial charge in [0.2, 0.25) is 0 Å². The Labute approximate surface area is 154 Å². The molecule has 0 saturated carbocycles. The van der Waals surface area contributed by atoms with Crippen LogP contribution < -0.4 is 5.32 Å². The van der Waals surface area contributed by atoms with Gasteiger partial charge < -0.3 is 10.2 Å². The van der Waals surface area contributed by atoms with Crippen LogP contribution in [0, 0.1) is 6.92 Å². The molecule has 138 valence electrons. The second kappa shape index (κ2) is 7.45. The van der Waals surface area contributed by atoms with Crippen LogP contribution >= 0.6 is 0 Å². The zero-order chi connectivity index (χ0) is 18.7. The minimum atomic E-state index is -3.04. The quantitative estimate of drug-likeness (QED) is 0.872. The lowest BCUT2D eigenvalue weighted by molar-refractivity contribution is 0.0702. The number of amides is 1. The van der Waals surface area contributed by atoms with E-state index in [4.69, 9.17) is 0 Å². The molecule has 1 N–H and O–H groups in total. The number of rotatable bonds is 5. The largest absolute Gasteiger partial charge is 0.354 e. The fourth-order valence-corrected chi connectivity index (χ4v) is 4.95. The molecule has 1 aromatic carbocycles. The summed E-state index contributed by atoms with van der Waals surface area (Å²) in [7, 11) is -3.04. The third-order valence-corrected chi connectivity index (χ3v) is 6.29. The first kappa shape index (κ1) is 18.4. The van der Waals surface area contributed by atoms with Gasteiger partial charge in [-0.15, -0.1) is 0 Å². The van der Waals surface area contributed by atoms with Gasteiger partial charge in [0, 0.05) is 18.3 Å². The van der Waals surface area contributed by atoms with Gasteiger partial charge in [0.05, 0.1) is 23.4 Å². The number of hydrogen-bond donors (Lipinski definition) is 1. The van der Waals surface area contributed by atoms with Crippen molar-refractivity contribution in [3.05, 3.63) is 53.9 Å². The van der Waals surface area contributed by atoms with E-state index in [-0.39, 0.29) is 23.5 Å². The van der Waals surface area contributed by atoms with E-state index in [2.05, 4.69) is 10.3 Å². The maximum Gasteiger partial charge on any atom is 0.272 e. The predicted molar refractivity (Wildman–Crippen MR) is 102 cm³/mol. The normalized spacial score (nSPS) is 18.5. The topological polar surface area (TPSA) is 79.4 Å². The number of aromatic nitrogens is 1. The average Bonchev–Trinajstić information content (AvgIpc) is 2.96. The number of anilines is 2. The second-order valence-electron chi connectivity index (χ2n) is 6.57. The molecule has 1 atom stereocenters. The van der Waals surface area contributed by atoms with Gasteiger partial charge in [-0.05, 0) is 50.1 Å². The molecule has 3 rings (SSSR count). The number of benzene rings is 1. The first-order valence-corrected chi connectivity index (χ1v) is 10.5. The summed E-state index contributed by atoms with van der Waals surface area (Å²) >= 11 is 0. The monoisotopic (exact) mass is 373 g/mol. The van der Waals surface area contributed by atoms with E-state index in [0.29, 0.717) is 18.7 Å². The first-order valence-electron chi connectivity index (χ1n) is 8.69. The van der Waals surface area contributed by atoms with Crippen molar-refractivity contribution >= 4 is 27.1 Å². The van der Waals surface area contributed by atoms with Gasteiger partial charge in [0.15, 0.2) is 9.84 Å². The maximum absolute atomic E-state index is 12.7. The third kappa shape index (κ3) is 4.22. The van der Waals surface area contributed by atoms with Crippen LogP contribution in [0.2, 0.25) is 0 Å². The van der Waals surface area contributed by atoms with Crippen molar-refractivity contribution in [2.75, 3.05) is 23.4 Å². The van der Waals surface area contributed by atoms with E-state index in [9.17, 15) is 13.2 Å². The van der Waals surface area contributed by atoms with Gasteiger partial charge in [-0.3, -0.25) is 4.79 Å². The van der Waals surface area contributed by atoms with Crippen LogP contribution in [0.5, 0.6) is 0 Å². The van der Waals surface area contributed by atoms with Gasteiger partial charge in [-0.1, -0.05) is 12.1 Å². The molecular weight excluding hydrogens is 350 g/mol. The lowest BCUT2D eigenvalue weighted by atomic mass is 10.2. The average molecular weight is 373 g/mol. The number of pyridine rings is 1. The molecule has 1 fully saturated rings. The summed E-state index contributed by atoms with van der Waals surface area (Å²) in [5, 5.41) is 3.25. The van der Waals surface area contributed by atoms with Gasteiger partial charge in [-0.2, -0.15) is 0 Å². The molecule has 1 unspecified atom stereocenters. The van der Waals surface area contributed by atoms with Crippen LogP contribution in [0.25, 0.3) is 0 Å². The molecule has 1 saturated heterocycles. The van der Waals surface area contributed by atoms with Crippen molar-refractivity contribution in [1.29, 1.82) is 0 Å². The van der Waals surface area contributed by atoms with E-state index in [0.717, 1.165) is 16.9 Å². The number of aryl methyl sites for hydroxylation is 1. The smallest absolute Gasteiger partial charge is 0.272 e. The second-order valence-corrected chi connectivity index (χ2v) is 8.80. The van der Waals surface area contributed by atoms with E-state index in [1.807, 2.05) is 44.2 Å². The number of nitrogens with one attached hydrogen (secondary N) is 1. The SMILES string of the molecule is CCN(C(=O)c1ccc(Nc2cccc(C)c2)cn1)C1CCS(=O)(=O)C1. The fraction of sp³-hybridized carbons (Fsp3) is 0.368. The minimum Gasteiger partial charge on any atom is -0.354 e. The Kier molecular flexibility index (Phi) is 5.27. The van der Waals surface area contributed by atoms with E-state index in [1.54, 1.807) is 17.2 Å². The molecule has 7 heteroatoms. The highest BCUT2D eigenvalue weighted by atomic mass is 32.2. The van der Waals surface area contributed by atoms with Crippen molar-refractivity contribution in [2.24, 2.45) is 0 Å². The van der Waals surface area contributed by atoms with Gasteiger partial charge >= 0.3 is 0 Å². The van der Waals surface area contributed by atoms with E-state index in [1.165, 1.54) is 0 Å². The Balaban J connectivity index is 1.71. The summed E-state index contributed by atoms with van der Waals surface area (Å²) in [6, 6.07) is 11.2. The lowest BCUT2D eigenvalue weighted by Gasteiger charge is -2.26. The zero-order valence-corrected chi connectivity index (χ0v) is 15.8. The Hall–Kier alpha value is -2.41. The predicted octanol–water partition coefficient (Wildman–Crippen LogP) is 2.78. The van der Waals surface area contributed by atoms with Crippen LogP contribution in [0.1, 0.15) is 29.4 Å². The van der Waals surface area contributed by atoms with Crippen LogP contribution in [-0.2, 0) is 9.84 Å². The number of carbonyl (C=O) groups excluding carboxylic acids is 1. The zero-order valence-electron chi connectivity index (χ0n) is 15.0. The molecule has 0 aliphatic carbocycles. The van der Waals surface area contributed by atoms with Gasteiger partial charge in [-0.25, -0.2) is 13.4 Å². The van der Waals surface area contributed by atoms with Crippen molar-refractivity contribution in [2.45, 2.75) is 26.3 Å². The molecule has 0 radical (unpaired) electrons. The van der Waals surface area contributed by atoms with Crippen molar-refractivity contribution in [1.82, 2.24) is 9.88 Å². The fourth-order valence-electron chi connectivity index (χ4n) is 3.22. The minimum absolute atomic E-state index is 0.0412. The van der Waals surface area contributed by atoms with Gasteiger partial charge in [0.1, 0.15) is 5.69 Å². The number of carbonyl (C=O) groups is 1. The maximum atomic E-state index is 12.7. The molecule has 0 bridgehead atoms. The molecule has 0 spiro atoms. The number of nitrogens with zero attached hydrogens (tertiary/aromatic N) is 2. The Morgan fingerprint density at radius 2 is 2.08 bits per heavy atom. The summed E-state index contributed by atoms with van der Waals surface area (Å²) < 4.78 is 23.4. The molecule has 2 aromatic rings. The molecule has 6 nitrogen and oxygen atoms in total. The summed E-state index contributed by atoms with van der Waals surface area (Å²) in [5.41, 5.74) is 3.22. The molecule has 26 heavy (non-hydrogen) atoms. The van der Waals surface area contributed by atoms with Crippen LogP contribution in [0.3, 0.4) is 0 Å². The van der Waals surface area contributed by atoms with Crippen molar-refractivity contribution in [3.8, 4) is 0 Å². The summed E-state index contributed by atoms with van der Waals surface area (Å²) in [5.74, 6) is -0.0370. The first-order chi connectivity index (χ1) is 12.4. The Bertz CT molecular complexity index is 895. The highest BCUT2D eigenvalue weighted by Gasteiger charge is 2.34. The summed E-state index contributed by atoms with van der Waals surface area (Å²) in [4.78, 5) is 18.6. The third-order valence-electron chi connectivity index (χ3n) is 4.54. The summed E-state index contributed by atoms with van der Waals surface area (Å²) in [6.07, 6.45) is 2.11. The standard InChI is InChI=1S/C19H23N3O3S/c1-3-22(17-9-10-26(24,25)13-17)19(23)18-8-7-16(12-20-18)21-15-6-4-5-14(2)11-15/h4-8,11-12,17,21H,3,9-10,13H2,1-2H3. The molecular formula is C19H23N3O3S. The molecule has 1 aromatic heterocycles. The van der Waals surface area contributed by atoms with Crippen molar-refractivity contribution < 1.29 is 13.2 Å². The van der Waals surface area contributed by atoms with Crippen LogP contribution in [0.4, 0.5) is 11.4 Å². The number of hydrogen-bond acceptors (Lipinski definition) is 5. The highest BCUT2D eigenvalue weighted by Crippen LogP contribution is 2.21. The van der Waals surface area contributed by atoms with Crippen LogP contribution in [0.15, 0.2) is 42.6 Å². The van der Waals surface area contributed by atoms with Crippen LogP contribution in [-0.4, -0.2) is 48.3 Å². The van der Waals surface area contributed by atoms with Crippen molar-refractivity contribution in [3.63, 3.8) is 0 Å².